The van der Waals surface area contributed by atoms with Gasteiger partial charge in [-0.1, -0.05) is 6.92 Å². The topological polar surface area (TPSA) is 41.6 Å². The average molecular weight is 369 g/mol. The van der Waals surface area contributed by atoms with Gasteiger partial charge in [0.15, 0.2) is 0 Å². The highest BCUT2D eigenvalue weighted by Crippen LogP contribution is 2.29. The Morgan fingerprint density at radius 1 is 1.16 bits per heavy atom. The van der Waals surface area contributed by atoms with Crippen LogP contribution in [-0.2, 0) is 9.53 Å². The molecule has 2 aliphatic heterocycles. The molecule has 1 amide bonds. The number of rotatable bonds is 6. The quantitative estimate of drug-likeness (QED) is 0.774. The van der Waals surface area contributed by atoms with Crippen LogP contribution in [0.5, 0.6) is 0 Å². The maximum atomic E-state index is 13.2. The number of piperidine rings is 1. The molecule has 3 unspecified atom stereocenters. The lowest BCUT2D eigenvalue weighted by Crippen LogP contribution is -2.55. The largest absolute Gasteiger partial charge is 0.365 e. The summed E-state index contributed by atoms with van der Waals surface area (Å²) in [7, 11) is 0. The van der Waals surface area contributed by atoms with Crippen molar-refractivity contribution in [3.05, 3.63) is 0 Å². The molecule has 0 radical (unpaired) electrons. The van der Waals surface area contributed by atoms with Crippen LogP contribution in [0.4, 0.5) is 0 Å². The molecule has 2 saturated heterocycles. The molecule has 25 heavy (non-hydrogen) atoms. The molecule has 2 heterocycles. The van der Waals surface area contributed by atoms with Gasteiger partial charge in [-0.3, -0.25) is 10.1 Å². The first kappa shape index (κ1) is 19.5. The van der Waals surface area contributed by atoms with Crippen LogP contribution in [0.15, 0.2) is 0 Å². The lowest BCUT2D eigenvalue weighted by molar-refractivity contribution is -0.151. The maximum Gasteiger partial charge on any atom is 0.252 e. The van der Waals surface area contributed by atoms with Crippen LogP contribution in [0.2, 0.25) is 0 Å². The zero-order valence-electron chi connectivity index (χ0n) is 16.0. The van der Waals surface area contributed by atoms with Crippen molar-refractivity contribution >= 4 is 17.7 Å². The molecular weight excluding hydrogens is 332 g/mol. The van der Waals surface area contributed by atoms with Crippen molar-refractivity contribution in [3.8, 4) is 0 Å². The van der Waals surface area contributed by atoms with E-state index in [1.807, 2.05) is 18.7 Å². The van der Waals surface area contributed by atoms with Crippen LogP contribution < -0.4 is 5.32 Å². The SMILES string of the molecule is CC1CCC(OC(C)C(=O)N(CC2CCCS2)C2CCCCN2)CC1. The standard InChI is InChI=1S/C20H36N2O2S/c1-15-8-10-17(11-9-15)24-16(2)20(23)22(14-18-6-5-13-25-18)19-7-3-4-12-21-19/h15-19,21H,3-14H2,1-2H3. The van der Waals surface area contributed by atoms with Gasteiger partial charge >= 0.3 is 0 Å². The fraction of sp³-hybridized carbons (Fsp3) is 0.950. The van der Waals surface area contributed by atoms with Gasteiger partial charge in [-0.25, -0.2) is 0 Å². The average Bonchev–Trinajstić information content (AvgIpc) is 3.15. The first-order chi connectivity index (χ1) is 12.1. The molecule has 1 N–H and O–H groups in total. The fourth-order valence-electron chi connectivity index (χ4n) is 4.42. The zero-order valence-corrected chi connectivity index (χ0v) is 16.9. The number of carbonyl (C=O) groups excluding carboxylic acids is 1. The van der Waals surface area contributed by atoms with Gasteiger partial charge in [0, 0.05) is 11.8 Å². The maximum absolute atomic E-state index is 13.2. The minimum atomic E-state index is -0.312. The second-order valence-corrected chi connectivity index (χ2v) is 9.66. The Kier molecular flexibility index (Phi) is 7.50. The van der Waals surface area contributed by atoms with E-state index in [0.29, 0.717) is 5.25 Å². The number of thioether (sulfide) groups is 1. The van der Waals surface area contributed by atoms with Crippen molar-refractivity contribution in [1.29, 1.82) is 0 Å². The monoisotopic (exact) mass is 368 g/mol. The van der Waals surface area contributed by atoms with Crippen LogP contribution in [0, 0.1) is 5.92 Å². The normalized spacial score (nSPS) is 34.6. The molecule has 0 aromatic carbocycles. The highest BCUT2D eigenvalue weighted by atomic mass is 32.2. The van der Waals surface area contributed by atoms with E-state index in [1.54, 1.807) is 0 Å². The summed E-state index contributed by atoms with van der Waals surface area (Å²) in [5.74, 6) is 2.26. The molecule has 3 rings (SSSR count). The van der Waals surface area contributed by atoms with Crippen LogP contribution in [0.3, 0.4) is 0 Å². The zero-order chi connectivity index (χ0) is 17.6. The van der Waals surface area contributed by atoms with Crippen molar-refractivity contribution in [2.24, 2.45) is 5.92 Å². The van der Waals surface area contributed by atoms with Gasteiger partial charge < -0.3 is 9.64 Å². The highest BCUT2D eigenvalue weighted by molar-refractivity contribution is 8.00. The van der Waals surface area contributed by atoms with Crippen LogP contribution in [-0.4, -0.2) is 53.3 Å². The lowest BCUT2D eigenvalue weighted by atomic mass is 9.89. The molecule has 0 spiro atoms. The molecule has 3 aliphatic rings. The number of hydrogen-bond acceptors (Lipinski definition) is 4. The minimum Gasteiger partial charge on any atom is -0.365 e. The second kappa shape index (κ2) is 9.61. The molecule has 0 aromatic rings. The number of nitrogens with zero attached hydrogens (tertiary/aromatic N) is 1. The number of ether oxygens (including phenoxy) is 1. The Balaban J connectivity index is 1.58. The Hall–Kier alpha value is -0.260. The predicted octanol–water partition coefficient (Wildman–Crippen LogP) is 3.79. The van der Waals surface area contributed by atoms with E-state index in [0.717, 1.165) is 38.3 Å². The Morgan fingerprint density at radius 3 is 2.60 bits per heavy atom. The summed E-state index contributed by atoms with van der Waals surface area (Å²) in [5.41, 5.74) is 0. The van der Waals surface area contributed by atoms with Crippen molar-refractivity contribution in [1.82, 2.24) is 10.2 Å². The second-order valence-electron chi connectivity index (χ2n) is 8.25. The van der Waals surface area contributed by atoms with Gasteiger partial charge in [0.05, 0.1) is 12.3 Å². The van der Waals surface area contributed by atoms with Gasteiger partial charge in [-0.15, -0.1) is 0 Å². The third kappa shape index (κ3) is 5.61. The summed E-state index contributed by atoms with van der Waals surface area (Å²) in [6, 6.07) is 0. The summed E-state index contributed by atoms with van der Waals surface area (Å²) >= 11 is 2.04. The van der Waals surface area contributed by atoms with Gasteiger partial charge in [0.1, 0.15) is 6.10 Å². The Bertz CT molecular complexity index is 414. The third-order valence-corrected chi connectivity index (χ3v) is 7.46. The third-order valence-electron chi connectivity index (χ3n) is 6.08. The predicted molar refractivity (Wildman–Crippen MR) is 105 cm³/mol. The molecule has 1 aliphatic carbocycles. The van der Waals surface area contributed by atoms with Crippen molar-refractivity contribution in [2.45, 2.75) is 95.3 Å². The van der Waals surface area contributed by atoms with Gasteiger partial charge in [0.2, 0.25) is 0 Å². The van der Waals surface area contributed by atoms with Crippen molar-refractivity contribution in [2.75, 3.05) is 18.8 Å². The van der Waals surface area contributed by atoms with Gasteiger partial charge in [-0.05, 0) is 82.9 Å². The van der Waals surface area contributed by atoms with Gasteiger partial charge in [-0.2, -0.15) is 11.8 Å². The van der Waals surface area contributed by atoms with E-state index >= 15 is 0 Å². The van der Waals surface area contributed by atoms with Crippen molar-refractivity contribution in [3.63, 3.8) is 0 Å². The summed E-state index contributed by atoms with van der Waals surface area (Å²) in [6.45, 7) is 6.21. The molecule has 0 bridgehead atoms. The highest BCUT2D eigenvalue weighted by Gasteiger charge is 2.33. The lowest BCUT2D eigenvalue weighted by Gasteiger charge is -2.38. The fourth-order valence-corrected chi connectivity index (χ4v) is 5.69. The van der Waals surface area contributed by atoms with Crippen LogP contribution in [0.1, 0.15) is 71.6 Å². The number of nitrogens with one attached hydrogen (secondary N) is 1. The van der Waals surface area contributed by atoms with Crippen LogP contribution >= 0.6 is 11.8 Å². The summed E-state index contributed by atoms with van der Waals surface area (Å²) in [5, 5.41) is 4.19. The molecular formula is C20H36N2O2S. The molecule has 4 nitrogen and oxygen atoms in total. The Labute approximate surface area is 157 Å². The first-order valence-corrected chi connectivity index (χ1v) is 11.5. The Morgan fingerprint density at radius 2 is 1.96 bits per heavy atom. The summed E-state index contributed by atoms with van der Waals surface area (Å²) < 4.78 is 6.21. The summed E-state index contributed by atoms with van der Waals surface area (Å²) in [6.07, 6.45) is 10.9. The molecule has 1 saturated carbocycles. The molecule has 5 heteroatoms. The molecule has 0 aromatic heterocycles. The number of carbonyl (C=O) groups is 1. The number of hydrogen-bond donors (Lipinski definition) is 1. The van der Waals surface area contributed by atoms with Gasteiger partial charge in [0.25, 0.3) is 5.91 Å². The van der Waals surface area contributed by atoms with E-state index in [1.165, 1.54) is 44.3 Å². The minimum absolute atomic E-state index is 0.200. The van der Waals surface area contributed by atoms with E-state index in [-0.39, 0.29) is 24.3 Å². The van der Waals surface area contributed by atoms with Crippen LogP contribution in [0.25, 0.3) is 0 Å². The summed E-state index contributed by atoms with van der Waals surface area (Å²) in [4.78, 5) is 15.3. The van der Waals surface area contributed by atoms with E-state index in [4.69, 9.17) is 4.74 Å². The first-order valence-electron chi connectivity index (χ1n) is 10.4. The molecule has 3 fully saturated rings. The van der Waals surface area contributed by atoms with E-state index in [2.05, 4.69) is 17.1 Å². The number of amides is 1. The molecule has 144 valence electrons. The smallest absolute Gasteiger partial charge is 0.252 e. The van der Waals surface area contributed by atoms with Crippen molar-refractivity contribution < 1.29 is 9.53 Å². The van der Waals surface area contributed by atoms with E-state index in [9.17, 15) is 4.79 Å². The molecule has 3 atom stereocenters. The van der Waals surface area contributed by atoms with E-state index < -0.39 is 0 Å².